The molecule has 0 saturated carbocycles. The molecule has 23 heavy (non-hydrogen) atoms. The highest BCUT2D eigenvalue weighted by atomic mass is 16.2. The standard InChI is InChI=1S/C18H25N3O2/c1-18(2)12-20(10-8-15(18)19)17(23)13-5-3-6-14(11-13)21-9-4-7-16(21)22/h3,5-6,11,15H,4,7-10,12,19H2,1-2H3. The number of carbonyl (C=O) groups is 2. The molecule has 2 heterocycles. The van der Waals surface area contributed by atoms with Gasteiger partial charge >= 0.3 is 0 Å². The minimum Gasteiger partial charge on any atom is -0.338 e. The molecule has 2 N–H and O–H groups in total. The zero-order chi connectivity index (χ0) is 16.6. The lowest BCUT2D eigenvalue weighted by molar-refractivity contribution is -0.117. The Hall–Kier alpha value is -1.88. The highest BCUT2D eigenvalue weighted by molar-refractivity contribution is 5.99. The summed E-state index contributed by atoms with van der Waals surface area (Å²) in [6.07, 6.45) is 2.30. The molecule has 1 aromatic rings. The highest BCUT2D eigenvalue weighted by Crippen LogP contribution is 2.29. The van der Waals surface area contributed by atoms with E-state index in [2.05, 4.69) is 13.8 Å². The van der Waals surface area contributed by atoms with Crippen LogP contribution in [0.2, 0.25) is 0 Å². The SMILES string of the molecule is CC1(C)CN(C(=O)c2cccc(N3CCCC3=O)c2)CCC1N. The number of rotatable bonds is 2. The first-order valence-electron chi connectivity index (χ1n) is 8.34. The Labute approximate surface area is 137 Å². The van der Waals surface area contributed by atoms with Crippen LogP contribution in [-0.2, 0) is 4.79 Å². The van der Waals surface area contributed by atoms with Gasteiger partial charge in [0.25, 0.3) is 5.91 Å². The van der Waals surface area contributed by atoms with Crippen molar-refractivity contribution < 1.29 is 9.59 Å². The van der Waals surface area contributed by atoms with Crippen LogP contribution >= 0.6 is 0 Å². The molecule has 5 nitrogen and oxygen atoms in total. The number of nitrogens with zero attached hydrogens (tertiary/aromatic N) is 2. The van der Waals surface area contributed by atoms with E-state index in [1.807, 2.05) is 29.2 Å². The molecule has 0 radical (unpaired) electrons. The van der Waals surface area contributed by atoms with Crippen LogP contribution in [-0.4, -0.2) is 42.4 Å². The Morgan fingerprint density at radius 1 is 1.30 bits per heavy atom. The van der Waals surface area contributed by atoms with Gasteiger partial charge in [0, 0.05) is 43.3 Å². The largest absolute Gasteiger partial charge is 0.338 e. The summed E-state index contributed by atoms with van der Waals surface area (Å²) in [4.78, 5) is 28.4. The quantitative estimate of drug-likeness (QED) is 0.908. The van der Waals surface area contributed by atoms with Crippen LogP contribution in [0.5, 0.6) is 0 Å². The second-order valence-corrected chi connectivity index (χ2v) is 7.31. The van der Waals surface area contributed by atoms with Gasteiger partial charge in [0.1, 0.15) is 0 Å². The van der Waals surface area contributed by atoms with E-state index < -0.39 is 0 Å². The minimum atomic E-state index is -0.0730. The molecule has 2 aliphatic rings. The first-order chi connectivity index (χ1) is 10.9. The topological polar surface area (TPSA) is 66.6 Å². The van der Waals surface area contributed by atoms with Crippen molar-refractivity contribution in [3.05, 3.63) is 29.8 Å². The van der Waals surface area contributed by atoms with E-state index >= 15 is 0 Å². The first-order valence-corrected chi connectivity index (χ1v) is 8.34. The lowest BCUT2D eigenvalue weighted by Gasteiger charge is -2.42. The van der Waals surface area contributed by atoms with Gasteiger partial charge in [-0.3, -0.25) is 9.59 Å². The predicted octanol–water partition coefficient (Wildman–Crippen LogP) is 2.01. The predicted molar refractivity (Wildman–Crippen MR) is 90.3 cm³/mol. The summed E-state index contributed by atoms with van der Waals surface area (Å²) >= 11 is 0. The van der Waals surface area contributed by atoms with Gasteiger partial charge in [-0.15, -0.1) is 0 Å². The molecule has 0 aromatic heterocycles. The van der Waals surface area contributed by atoms with Crippen LogP contribution in [0.4, 0.5) is 5.69 Å². The van der Waals surface area contributed by atoms with Crippen molar-refractivity contribution in [2.45, 2.75) is 39.2 Å². The second kappa shape index (κ2) is 5.96. The van der Waals surface area contributed by atoms with E-state index in [9.17, 15) is 9.59 Å². The molecular formula is C18H25N3O2. The lowest BCUT2D eigenvalue weighted by atomic mass is 9.79. The molecule has 0 aliphatic carbocycles. The molecule has 2 fully saturated rings. The van der Waals surface area contributed by atoms with Gasteiger partial charge in [-0.25, -0.2) is 0 Å². The number of benzene rings is 1. The Balaban J connectivity index is 1.79. The van der Waals surface area contributed by atoms with Gasteiger partial charge in [0.15, 0.2) is 0 Å². The normalized spacial score (nSPS) is 24.1. The fourth-order valence-corrected chi connectivity index (χ4v) is 3.46. The molecule has 2 aliphatic heterocycles. The van der Waals surface area contributed by atoms with Crippen molar-refractivity contribution in [2.24, 2.45) is 11.1 Å². The van der Waals surface area contributed by atoms with E-state index in [4.69, 9.17) is 5.73 Å². The average molecular weight is 315 g/mol. The minimum absolute atomic E-state index is 0.0264. The van der Waals surface area contributed by atoms with E-state index in [1.165, 1.54) is 0 Å². The summed E-state index contributed by atoms with van der Waals surface area (Å²) in [7, 11) is 0. The number of carbonyl (C=O) groups excluding carboxylic acids is 2. The van der Waals surface area contributed by atoms with Gasteiger partial charge in [-0.1, -0.05) is 19.9 Å². The molecule has 124 valence electrons. The van der Waals surface area contributed by atoms with Crippen molar-refractivity contribution in [3.8, 4) is 0 Å². The summed E-state index contributed by atoms with van der Waals surface area (Å²) in [5, 5.41) is 0. The first kappa shape index (κ1) is 16.0. The molecule has 3 rings (SSSR count). The Morgan fingerprint density at radius 2 is 2.09 bits per heavy atom. The zero-order valence-electron chi connectivity index (χ0n) is 13.9. The third kappa shape index (κ3) is 3.11. The number of piperidine rings is 1. The summed E-state index contributed by atoms with van der Waals surface area (Å²) in [6.45, 7) is 6.31. The fraction of sp³-hybridized carbons (Fsp3) is 0.556. The number of likely N-dealkylation sites (tertiary alicyclic amines) is 1. The van der Waals surface area contributed by atoms with Crippen LogP contribution in [0.3, 0.4) is 0 Å². The zero-order valence-corrected chi connectivity index (χ0v) is 13.9. The van der Waals surface area contributed by atoms with Crippen LogP contribution in [0.1, 0.15) is 43.5 Å². The van der Waals surface area contributed by atoms with Crippen LogP contribution < -0.4 is 10.6 Å². The van der Waals surface area contributed by atoms with E-state index in [0.29, 0.717) is 25.1 Å². The van der Waals surface area contributed by atoms with Crippen molar-refractivity contribution in [1.29, 1.82) is 0 Å². The van der Waals surface area contributed by atoms with E-state index in [1.54, 1.807) is 4.90 Å². The van der Waals surface area contributed by atoms with Crippen LogP contribution in [0, 0.1) is 5.41 Å². The third-order valence-corrected chi connectivity index (χ3v) is 5.08. The summed E-state index contributed by atoms with van der Waals surface area (Å²) in [5.74, 6) is 0.165. The smallest absolute Gasteiger partial charge is 0.253 e. The summed E-state index contributed by atoms with van der Waals surface area (Å²) < 4.78 is 0. The molecule has 1 atom stereocenters. The summed E-state index contributed by atoms with van der Waals surface area (Å²) in [5.41, 5.74) is 7.55. The Kier molecular flexibility index (Phi) is 4.15. The van der Waals surface area contributed by atoms with Crippen LogP contribution in [0.25, 0.3) is 0 Å². The van der Waals surface area contributed by atoms with E-state index in [0.717, 1.165) is 25.1 Å². The number of hydrogen-bond donors (Lipinski definition) is 1. The van der Waals surface area contributed by atoms with Crippen molar-refractivity contribution in [2.75, 3.05) is 24.5 Å². The van der Waals surface area contributed by atoms with Crippen molar-refractivity contribution >= 4 is 17.5 Å². The monoisotopic (exact) mass is 315 g/mol. The van der Waals surface area contributed by atoms with E-state index in [-0.39, 0.29) is 23.3 Å². The van der Waals surface area contributed by atoms with Gasteiger partial charge in [0.05, 0.1) is 0 Å². The fourth-order valence-electron chi connectivity index (χ4n) is 3.46. The van der Waals surface area contributed by atoms with Crippen LogP contribution in [0.15, 0.2) is 24.3 Å². The molecule has 2 amide bonds. The van der Waals surface area contributed by atoms with Crippen molar-refractivity contribution in [1.82, 2.24) is 4.90 Å². The molecule has 1 aromatic carbocycles. The molecule has 5 heteroatoms. The second-order valence-electron chi connectivity index (χ2n) is 7.31. The molecule has 0 spiro atoms. The van der Waals surface area contributed by atoms with Gasteiger partial charge < -0.3 is 15.5 Å². The van der Waals surface area contributed by atoms with Gasteiger partial charge in [-0.05, 0) is 36.5 Å². The Bertz CT molecular complexity index is 626. The van der Waals surface area contributed by atoms with Gasteiger partial charge in [0.2, 0.25) is 5.91 Å². The lowest BCUT2D eigenvalue weighted by Crippen LogP contribution is -2.54. The number of anilines is 1. The highest BCUT2D eigenvalue weighted by Gasteiger charge is 2.35. The van der Waals surface area contributed by atoms with Crippen molar-refractivity contribution in [3.63, 3.8) is 0 Å². The number of amides is 2. The number of nitrogens with two attached hydrogens (primary N) is 1. The van der Waals surface area contributed by atoms with Gasteiger partial charge in [-0.2, -0.15) is 0 Å². The molecule has 2 saturated heterocycles. The maximum atomic E-state index is 12.8. The Morgan fingerprint density at radius 3 is 2.74 bits per heavy atom. The maximum absolute atomic E-state index is 12.8. The average Bonchev–Trinajstić information content (AvgIpc) is 2.95. The molecular weight excluding hydrogens is 290 g/mol. The molecule has 0 bridgehead atoms. The summed E-state index contributed by atoms with van der Waals surface area (Å²) in [6, 6.07) is 7.55. The number of hydrogen-bond acceptors (Lipinski definition) is 3. The maximum Gasteiger partial charge on any atom is 0.253 e. The molecule has 1 unspecified atom stereocenters. The third-order valence-electron chi connectivity index (χ3n) is 5.08.